The maximum Gasteiger partial charge on any atom is 0 e. The minimum Gasteiger partial charge on any atom is 0 e. The maximum absolute atomic E-state index is 7.50. The summed E-state index contributed by atoms with van der Waals surface area (Å²) in [4.78, 5) is 4.17. The molecule has 4 nitrogen and oxygen atoms in total. The molecule has 0 atom stereocenters. The van der Waals surface area contributed by atoms with Crippen molar-refractivity contribution in [2.75, 3.05) is 6.54 Å². The molecule has 19 heavy (non-hydrogen) atoms. The Labute approximate surface area is 137 Å². The fourth-order valence-electron chi connectivity index (χ4n) is 0.805. The van der Waals surface area contributed by atoms with Crippen LogP contribution in [0.1, 0.15) is 5.56 Å². The number of benzene rings is 1. The number of nitrogens with zero attached hydrogens (tertiary/aromatic N) is 1. The van der Waals surface area contributed by atoms with Crippen LogP contribution in [0, 0.1) is 23.5 Å². The summed E-state index contributed by atoms with van der Waals surface area (Å²) >= 11 is 2.30. The van der Waals surface area contributed by atoms with E-state index in [1.54, 1.807) is 6.08 Å². The largest absolute Gasteiger partial charge is 0 e. The van der Waals surface area contributed by atoms with Gasteiger partial charge in [0.2, 0.25) is 0 Å². The van der Waals surface area contributed by atoms with Gasteiger partial charge in [-0.25, -0.2) is 0 Å². The third kappa shape index (κ3) is 17.1. The molecule has 1 aromatic rings. The number of aliphatic imine (C=N–C) groups is 1. The molecule has 0 saturated carbocycles. The minimum absolute atomic E-state index is 0. The van der Waals surface area contributed by atoms with Crippen LogP contribution in [0.25, 0.3) is 0 Å². The van der Waals surface area contributed by atoms with Crippen molar-refractivity contribution in [2.24, 2.45) is 4.99 Å². The first kappa shape index (κ1) is 26.6. The third-order valence-electron chi connectivity index (χ3n) is 1.37. The molecule has 0 aliphatic carbocycles. The van der Waals surface area contributed by atoms with Crippen LogP contribution >= 0.6 is 22.6 Å². The van der Waals surface area contributed by atoms with E-state index in [0.29, 0.717) is 6.54 Å². The van der Waals surface area contributed by atoms with Gasteiger partial charge in [0.05, 0.1) is 6.54 Å². The second-order valence-corrected chi connectivity index (χ2v) is 3.47. The summed E-state index contributed by atoms with van der Waals surface area (Å²) in [6.07, 6.45) is 3.66. The first-order chi connectivity index (χ1) is 8.84. The van der Waals surface area contributed by atoms with E-state index in [2.05, 4.69) is 60.2 Å². The number of halogens is 1. The van der Waals surface area contributed by atoms with E-state index in [9.17, 15) is 0 Å². The molecule has 0 aromatic heterocycles. The van der Waals surface area contributed by atoms with Gasteiger partial charge in [-0.1, -0.05) is 24.3 Å². The fraction of sp³-hybridized carbons (Fsp3) is 0.0769. The van der Waals surface area contributed by atoms with Crippen LogP contribution in [0.4, 0.5) is 0 Å². The monoisotopic (exact) mass is 407 g/mol. The van der Waals surface area contributed by atoms with Crippen molar-refractivity contribution in [1.29, 1.82) is 0 Å². The van der Waals surface area contributed by atoms with Crippen molar-refractivity contribution in [3.8, 4) is 0 Å². The number of rotatable bonds is 3. The molecule has 98 valence electrons. The van der Waals surface area contributed by atoms with Crippen LogP contribution in [-0.2, 0) is 31.3 Å². The van der Waals surface area contributed by atoms with Crippen molar-refractivity contribution < 1.29 is 31.3 Å². The van der Waals surface area contributed by atoms with Gasteiger partial charge in [-0.05, 0) is 28.7 Å². The van der Waals surface area contributed by atoms with Crippen LogP contribution < -0.4 is 0 Å². The Kier molecular flexibility index (Phi) is 36.2. The first-order valence-electron chi connectivity index (χ1n) is 4.31. The summed E-state index contributed by atoms with van der Waals surface area (Å²) in [5.74, 6) is 0. The van der Waals surface area contributed by atoms with E-state index >= 15 is 0 Å². The molecule has 0 spiro atoms. The Balaban J connectivity index is -0.000000142. The van der Waals surface area contributed by atoms with Crippen molar-refractivity contribution in [1.82, 2.24) is 0 Å². The average Bonchev–Trinajstić information content (AvgIpc) is 2.48. The Hall–Kier alpha value is -0.888. The van der Waals surface area contributed by atoms with Crippen LogP contribution in [-0.4, -0.2) is 12.8 Å². The Morgan fingerprint density at radius 2 is 1.58 bits per heavy atom. The fourth-order valence-corrected chi connectivity index (χ4v) is 1.33. The van der Waals surface area contributed by atoms with Gasteiger partial charge >= 0.3 is 33.9 Å². The molecule has 1 rings (SSSR count). The summed E-state index contributed by atoms with van der Waals surface area (Å²) in [5, 5.41) is 0. The van der Waals surface area contributed by atoms with Crippen LogP contribution in [0.15, 0.2) is 41.9 Å². The van der Waals surface area contributed by atoms with E-state index in [4.69, 9.17) is 14.0 Å². The summed E-state index contributed by atoms with van der Waals surface area (Å²) in [6, 6.07) is 8.15. The molecule has 1 aromatic carbocycles. The predicted molar refractivity (Wildman–Crippen MR) is 73.6 cm³/mol. The Morgan fingerprint density at radius 3 is 2.00 bits per heavy atom. The molecular weight excluding hydrogens is 397 g/mol. The third-order valence-corrected chi connectivity index (χ3v) is 2.35. The van der Waals surface area contributed by atoms with Gasteiger partial charge in [-0.2, -0.15) is 0 Å². The van der Waals surface area contributed by atoms with E-state index in [0.717, 1.165) is 0 Å². The molecule has 0 aliphatic heterocycles. The van der Waals surface area contributed by atoms with Gasteiger partial charge in [0.1, 0.15) is 0 Å². The molecule has 0 unspecified atom stereocenters. The molecular formula is C13H10CrINO3. The van der Waals surface area contributed by atoms with Crippen molar-refractivity contribution in [3.63, 3.8) is 0 Å². The molecule has 0 saturated heterocycles. The van der Waals surface area contributed by atoms with Gasteiger partial charge in [0.15, 0.2) is 0 Å². The predicted octanol–water partition coefficient (Wildman–Crippen LogP) is 2.78. The maximum atomic E-state index is 7.50. The summed E-state index contributed by atoms with van der Waals surface area (Å²) in [7, 11) is 0. The normalized spacial score (nSPS) is 6.89. The van der Waals surface area contributed by atoms with Crippen LogP contribution in [0.2, 0.25) is 0 Å². The summed E-state index contributed by atoms with van der Waals surface area (Å²) in [6.45, 7) is 17.8. The Morgan fingerprint density at radius 1 is 1.11 bits per heavy atom. The van der Waals surface area contributed by atoms with Gasteiger partial charge in [0.25, 0.3) is 0 Å². The SMILES string of the molecule is C=CCN=Cc1ccccc1I.[C-]#[O+].[C-]#[O+].[C-]#[O+].[Cr]. The molecule has 0 N–H and O–H groups in total. The molecule has 0 aliphatic rings. The van der Waals surface area contributed by atoms with E-state index in [1.165, 1.54) is 9.13 Å². The molecule has 0 amide bonds. The van der Waals surface area contributed by atoms with E-state index in [-0.39, 0.29) is 17.4 Å². The second-order valence-electron chi connectivity index (χ2n) is 2.30. The summed E-state index contributed by atoms with van der Waals surface area (Å²) in [5.41, 5.74) is 1.17. The summed E-state index contributed by atoms with van der Waals surface area (Å²) < 4.78 is 23.7. The topological polar surface area (TPSA) is 72.1 Å². The standard InChI is InChI=1S/C10H10IN.3CO.Cr/c1-2-7-12-8-9-5-3-4-6-10(9)11;3*1-2;/h2-6,8H,1,7H2;;;;. The van der Waals surface area contributed by atoms with Crippen molar-refractivity contribution >= 4 is 28.8 Å². The van der Waals surface area contributed by atoms with Crippen LogP contribution in [0.5, 0.6) is 0 Å². The average molecular weight is 407 g/mol. The Bertz CT molecular complexity index is 400. The van der Waals surface area contributed by atoms with Gasteiger partial charge in [-0.15, -0.1) is 6.58 Å². The zero-order valence-electron chi connectivity index (χ0n) is 9.84. The first-order valence-corrected chi connectivity index (χ1v) is 5.39. The smallest absolute Gasteiger partial charge is 0 e. The molecule has 6 heteroatoms. The number of hydrogen-bond acceptors (Lipinski definition) is 1. The van der Waals surface area contributed by atoms with E-state index < -0.39 is 0 Å². The van der Waals surface area contributed by atoms with Gasteiger partial charge < -0.3 is 0 Å². The quantitative estimate of drug-likeness (QED) is 0.243. The van der Waals surface area contributed by atoms with Crippen LogP contribution in [0.3, 0.4) is 0 Å². The minimum atomic E-state index is 0. The zero-order valence-corrected chi connectivity index (χ0v) is 13.3. The van der Waals surface area contributed by atoms with Gasteiger partial charge in [-0.3, -0.25) is 4.99 Å². The molecule has 0 heterocycles. The van der Waals surface area contributed by atoms with Crippen molar-refractivity contribution in [3.05, 3.63) is 66.0 Å². The second kappa shape index (κ2) is 25.8. The number of hydrogen-bond donors (Lipinski definition) is 0. The van der Waals surface area contributed by atoms with Crippen molar-refractivity contribution in [2.45, 2.75) is 0 Å². The molecule has 0 bridgehead atoms. The zero-order chi connectivity index (χ0) is 14.8. The van der Waals surface area contributed by atoms with Gasteiger partial charge in [0, 0.05) is 32.7 Å². The molecule has 0 radical (unpaired) electrons. The molecule has 0 fully saturated rings. The van der Waals surface area contributed by atoms with E-state index in [1.807, 2.05) is 24.4 Å².